The van der Waals surface area contributed by atoms with Gasteiger partial charge in [0.15, 0.2) is 5.82 Å². The number of likely N-dealkylation sites (tertiary alicyclic amines) is 1. The van der Waals surface area contributed by atoms with E-state index in [0.29, 0.717) is 17.1 Å². The van der Waals surface area contributed by atoms with Crippen molar-refractivity contribution in [1.82, 2.24) is 14.5 Å². The van der Waals surface area contributed by atoms with Gasteiger partial charge < -0.3 is 10.1 Å². The van der Waals surface area contributed by atoms with Gasteiger partial charge in [0.05, 0.1) is 12.7 Å². The number of carbonyl (C=O) groups excluding carboxylic acids is 1. The fraction of sp³-hybridized carbons (Fsp3) is 0.296. The zero-order valence-corrected chi connectivity index (χ0v) is 19.6. The van der Waals surface area contributed by atoms with E-state index in [4.69, 9.17) is 4.74 Å². The largest absolute Gasteiger partial charge is 0.465 e. The van der Waals surface area contributed by atoms with Crippen LogP contribution in [0.15, 0.2) is 77.4 Å². The second kappa shape index (κ2) is 10.9. The lowest BCUT2D eigenvalue weighted by molar-refractivity contribution is 0.0600. The molecule has 0 spiro atoms. The molecule has 2 aromatic carbocycles. The maximum Gasteiger partial charge on any atom is 0.337 e. The predicted octanol–water partition coefficient (Wildman–Crippen LogP) is 4.00. The molecule has 1 fully saturated rings. The van der Waals surface area contributed by atoms with Crippen LogP contribution in [0.5, 0.6) is 0 Å². The smallest absolute Gasteiger partial charge is 0.337 e. The number of rotatable bonds is 7. The highest BCUT2D eigenvalue weighted by atomic mass is 16.5. The van der Waals surface area contributed by atoms with Crippen molar-refractivity contribution in [2.75, 3.05) is 32.1 Å². The van der Waals surface area contributed by atoms with E-state index in [1.165, 1.54) is 22.8 Å². The molecule has 1 saturated heterocycles. The number of nitrogens with one attached hydrogen (secondary N) is 1. The predicted molar refractivity (Wildman–Crippen MR) is 134 cm³/mol. The summed E-state index contributed by atoms with van der Waals surface area (Å²) in [5.74, 6) is -0.0637. The minimum atomic E-state index is -0.409. The van der Waals surface area contributed by atoms with Gasteiger partial charge in [-0.25, -0.2) is 9.78 Å². The standard InChI is InChI=1S/C27H30N4O3/c1-20(18-21-6-4-3-5-7-21)19-30-15-12-23(13-16-30)29-25-26(32)31(17-14-28-25)24-10-8-22(9-11-24)27(33)34-2/h3-11,14,17-18,23H,12-13,15-16,19H2,1-2H3,(H,28,29). The van der Waals surface area contributed by atoms with Gasteiger partial charge in [0, 0.05) is 43.8 Å². The fourth-order valence-electron chi connectivity index (χ4n) is 4.25. The minimum Gasteiger partial charge on any atom is -0.465 e. The molecule has 0 unspecified atom stereocenters. The first-order valence-corrected chi connectivity index (χ1v) is 11.5. The number of anilines is 1. The molecule has 3 aromatic rings. The molecule has 0 radical (unpaired) electrons. The van der Waals surface area contributed by atoms with Crippen LogP contribution >= 0.6 is 0 Å². The average Bonchev–Trinajstić information content (AvgIpc) is 2.86. The SMILES string of the molecule is COC(=O)c1ccc(-n2ccnc(NC3CCN(CC(C)=Cc4ccccc4)CC3)c2=O)cc1. The van der Waals surface area contributed by atoms with Crippen LogP contribution in [0.2, 0.25) is 0 Å². The number of piperidine rings is 1. The van der Waals surface area contributed by atoms with Crippen LogP contribution in [0.1, 0.15) is 35.7 Å². The van der Waals surface area contributed by atoms with Crippen molar-refractivity contribution in [2.24, 2.45) is 0 Å². The van der Waals surface area contributed by atoms with Gasteiger partial charge >= 0.3 is 5.97 Å². The first kappa shape index (κ1) is 23.4. The van der Waals surface area contributed by atoms with E-state index >= 15 is 0 Å². The Kier molecular flexibility index (Phi) is 7.54. The molecule has 0 saturated carbocycles. The average molecular weight is 459 g/mol. The Morgan fingerprint density at radius 3 is 2.50 bits per heavy atom. The van der Waals surface area contributed by atoms with E-state index in [2.05, 4.69) is 52.5 Å². The van der Waals surface area contributed by atoms with Crippen LogP contribution in [-0.4, -0.2) is 53.2 Å². The number of aromatic nitrogens is 2. The molecule has 7 nitrogen and oxygen atoms in total. The normalized spacial score (nSPS) is 15.2. The Balaban J connectivity index is 1.36. The Bertz CT molecular complexity index is 1190. The number of nitrogens with zero attached hydrogens (tertiary/aromatic N) is 3. The molecule has 34 heavy (non-hydrogen) atoms. The molecule has 0 bridgehead atoms. The molecule has 1 aliphatic heterocycles. The molecule has 1 N–H and O–H groups in total. The van der Waals surface area contributed by atoms with Gasteiger partial charge in [-0.1, -0.05) is 42.0 Å². The molecule has 0 amide bonds. The second-order valence-electron chi connectivity index (χ2n) is 8.59. The van der Waals surface area contributed by atoms with Gasteiger partial charge in [-0.15, -0.1) is 0 Å². The molecule has 4 rings (SSSR count). The summed E-state index contributed by atoms with van der Waals surface area (Å²) >= 11 is 0. The van der Waals surface area contributed by atoms with E-state index in [1.807, 2.05) is 6.07 Å². The van der Waals surface area contributed by atoms with Gasteiger partial charge in [0.1, 0.15) is 0 Å². The van der Waals surface area contributed by atoms with E-state index < -0.39 is 5.97 Å². The van der Waals surface area contributed by atoms with Crippen LogP contribution in [0.25, 0.3) is 11.8 Å². The minimum absolute atomic E-state index is 0.201. The van der Waals surface area contributed by atoms with Crippen molar-refractivity contribution in [3.63, 3.8) is 0 Å². The maximum absolute atomic E-state index is 13.0. The van der Waals surface area contributed by atoms with E-state index in [1.54, 1.807) is 36.7 Å². The van der Waals surface area contributed by atoms with Gasteiger partial charge in [-0.3, -0.25) is 14.3 Å². The molecule has 7 heteroatoms. The number of methoxy groups -OCH3 is 1. The Morgan fingerprint density at radius 1 is 1.12 bits per heavy atom. The zero-order chi connectivity index (χ0) is 23.9. The van der Waals surface area contributed by atoms with Crippen molar-refractivity contribution in [1.29, 1.82) is 0 Å². The van der Waals surface area contributed by atoms with Crippen molar-refractivity contribution in [3.8, 4) is 5.69 Å². The Morgan fingerprint density at radius 2 is 1.82 bits per heavy atom. The van der Waals surface area contributed by atoms with Gasteiger partial charge in [-0.05, 0) is 49.6 Å². The van der Waals surface area contributed by atoms with Gasteiger partial charge in [0.25, 0.3) is 5.56 Å². The van der Waals surface area contributed by atoms with Crippen LogP contribution in [0.3, 0.4) is 0 Å². The Hall–Kier alpha value is -3.71. The first-order chi connectivity index (χ1) is 16.5. The lowest BCUT2D eigenvalue weighted by Crippen LogP contribution is -2.41. The number of carbonyl (C=O) groups is 1. The van der Waals surface area contributed by atoms with Crippen molar-refractivity contribution >= 4 is 17.9 Å². The monoisotopic (exact) mass is 458 g/mol. The highest BCUT2D eigenvalue weighted by Crippen LogP contribution is 2.16. The van der Waals surface area contributed by atoms with Crippen molar-refractivity contribution in [2.45, 2.75) is 25.8 Å². The van der Waals surface area contributed by atoms with Crippen molar-refractivity contribution < 1.29 is 9.53 Å². The number of benzene rings is 2. The van der Waals surface area contributed by atoms with Gasteiger partial charge in [0.2, 0.25) is 0 Å². The topological polar surface area (TPSA) is 76.5 Å². The molecule has 2 heterocycles. The summed E-state index contributed by atoms with van der Waals surface area (Å²) in [5, 5.41) is 3.35. The summed E-state index contributed by atoms with van der Waals surface area (Å²) in [6.45, 7) is 5.05. The lowest BCUT2D eigenvalue weighted by atomic mass is 10.0. The van der Waals surface area contributed by atoms with E-state index in [0.717, 1.165) is 32.5 Å². The maximum atomic E-state index is 13.0. The summed E-state index contributed by atoms with van der Waals surface area (Å²) in [4.78, 5) is 31.4. The number of ether oxygens (including phenoxy) is 1. The fourth-order valence-corrected chi connectivity index (χ4v) is 4.25. The first-order valence-electron chi connectivity index (χ1n) is 11.5. The third kappa shape index (κ3) is 5.80. The van der Waals surface area contributed by atoms with E-state index in [-0.39, 0.29) is 11.6 Å². The Labute approximate surface area is 199 Å². The van der Waals surface area contributed by atoms with Crippen LogP contribution in [0, 0.1) is 0 Å². The van der Waals surface area contributed by atoms with Gasteiger partial charge in [-0.2, -0.15) is 0 Å². The summed E-state index contributed by atoms with van der Waals surface area (Å²) in [7, 11) is 1.34. The third-order valence-electron chi connectivity index (χ3n) is 6.02. The number of hydrogen-bond donors (Lipinski definition) is 1. The van der Waals surface area contributed by atoms with E-state index in [9.17, 15) is 9.59 Å². The second-order valence-corrected chi connectivity index (χ2v) is 8.59. The summed E-state index contributed by atoms with van der Waals surface area (Å²) in [6.07, 6.45) is 7.37. The van der Waals surface area contributed by atoms with Crippen LogP contribution in [0.4, 0.5) is 5.82 Å². The molecule has 0 atom stereocenters. The van der Waals surface area contributed by atoms with Crippen LogP contribution in [-0.2, 0) is 4.74 Å². The highest BCUT2D eigenvalue weighted by molar-refractivity contribution is 5.89. The van der Waals surface area contributed by atoms with Crippen molar-refractivity contribution in [3.05, 3.63) is 94.0 Å². The zero-order valence-electron chi connectivity index (χ0n) is 19.6. The highest BCUT2D eigenvalue weighted by Gasteiger charge is 2.21. The summed E-state index contributed by atoms with van der Waals surface area (Å²) in [6, 6.07) is 17.3. The number of hydrogen-bond acceptors (Lipinski definition) is 6. The molecule has 176 valence electrons. The third-order valence-corrected chi connectivity index (χ3v) is 6.02. The van der Waals surface area contributed by atoms with Crippen LogP contribution < -0.4 is 10.9 Å². The molecule has 1 aromatic heterocycles. The number of esters is 1. The molecule has 0 aliphatic carbocycles. The quantitative estimate of drug-likeness (QED) is 0.540. The summed E-state index contributed by atoms with van der Waals surface area (Å²) < 4.78 is 6.26. The summed E-state index contributed by atoms with van der Waals surface area (Å²) in [5.41, 5.74) is 3.45. The molecule has 1 aliphatic rings. The molecular formula is C27H30N4O3. The molecular weight excluding hydrogens is 428 g/mol. The lowest BCUT2D eigenvalue weighted by Gasteiger charge is -2.32.